The first kappa shape index (κ1) is 19.5. The van der Waals surface area contributed by atoms with Gasteiger partial charge in [0.15, 0.2) is 12.6 Å². The van der Waals surface area contributed by atoms with Crippen LogP contribution in [0, 0.1) is 13.8 Å². The predicted molar refractivity (Wildman–Crippen MR) is 102 cm³/mol. The summed E-state index contributed by atoms with van der Waals surface area (Å²) >= 11 is 0. The van der Waals surface area contributed by atoms with Crippen LogP contribution in [-0.2, 0) is 18.9 Å². The lowest BCUT2D eigenvalue weighted by atomic mass is 10.0. The standard InChI is InChI=1S/C22H26O6/c1-13-3-7-15(8-4-13)21-25-11-17(27-21)19(23)20(24)18-12-26-22(28-18)16-9-5-14(2)6-10-16/h3-10,17-24H,11-12H2,1-2H3/t17-,18+,19-,20-,21?,22?/m1/s1. The number of hydrogen-bond donors (Lipinski definition) is 2. The first-order valence-corrected chi connectivity index (χ1v) is 9.54. The lowest BCUT2D eigenvalue weighted by Gasteiger charge is -2.26. The highest BCUT2D eigenvalue weighted by molar-refractivity contribution is 5.23. The Morgan fingerprint density at radius 3 is 1.39 bits per heavy atom. The second kappa shape index (κ2) is 8.29. The molecule has 2 aromatic carbocycles. The summed E-state index contributed by atoms with van der Waals surface area (Å²) in [5.74, 6) is 0. The van der Waals surface area contributed by atoms with Gasteiger partial charge in [-0.2, -0.15) is 0 Å². The van der Waals surface area contributed by atoms with E-state index in [0.29, 0.717) is 0 Å². The Labute approximate surface area is 164 Å². The fourth-order valence-corrected chi connectivity index (χ4v) is 3.43. The Hall–Kier alpha value is -1.80. The lowest BCUT2D eigenvalue weighted by Crippen LogP contribution is -2.46. The molecule has 2 saturated heterocycles. The van der Waals surface area contributed by atoms with E-state index in [9.17, 15) is 10.2 Å². The van der Waals surface area contributed by atoms with E-state index < -0.39 is 37.0 Å². The summed E-state index contributed by atoms with van der Waals surface area (Å²) in [4.78, 5) is 0. The number of benzene rings is 2. The van der Waals surface area contributed by atoms with Crippen molar-refractivity contribution in [3.8, 4) is 0 Å². The minimum Gasteiger partial charge on any atom is -0.387 e. The summed E-state index contributed by atoms with van der Waals surface area (Å²) in [7, 11) is 0. The van der Waals surface area contributed by atoms with Crippen molar-refractivity contribution < 1.29 is 29.2 Å². The van der Waals surface area contributed by atoms with Crippen LogP contribution >= 0.6 is 0 Å². The molecule has 0 saturated carbocycles. The Morgan fingerprint density at radius 1 is 0.679 bits per heavy atom. The molecule has 2 unspecified atom stereocenters. The minimum atomic E-state index is -1.14. The molecule has 0 bridgehead atoms. The largest absolute Gasteiger partial charge is 0.387 e. The van der Waals surface area contributed by atoms with E-state index in [-0.39, 0.29) is 13.2 Å². The van der Waals surface area contributed by atoms with Crippen molar-refractivity contribution in [3.05, 3.63) is 70.8 Å². The summed E-state index contributed by atoms with van der Waals surface area (Å²) in [5, 5.41) is 21.2. The maximum absolute atomic E-state index is 10.6. The molecule has 0 aliphatic carbocycles. The van der Waals surface area contributed by atoms with Crippen LogP contribution in [0.25, 0.3) is 0 Å². The molecule has 28 heavy (non-hydrogen) atoms. The van der Waals surface area contributed by atoms with Crippen LogP contribution in [0.15, 0.2) is 48.5 Å². The van der Waals surface area contributed by atoms with Gasteiger partial charge >= 0.3 is 0 Å². The summed E-state index contributed by atoms with van der Waals surface area (Å²) in [5.41, 5.74) is 4.06. The molecule has 0 spiro atoms. The normalized spacial score (nSPS) is 29.7. The Balaban J connectivity index is 1.34. The fraction of sp³-hybridized carbons (Fsp3) is 0.455. The summed E-state index contributed by atoms with van der Waals surface area (Å²) in [6.45, 7) is 4.42. The molecular weight excluding hydrogens is 360 g/mol. The van der Waals surface area contributed by atoms with Crippen LogP contribution in [0.3, 0.4) is 0 Å². The molecular formula is C22H26O6. The molecule has 2 aromatic rings. The molecule has 2 aliphatic rings. The molecule has 0 amide bonds. The van der Waals surface area contributed by atoms with Crippen molar-refractivity contribution in [2.45, 2.75) is 50.8 Å². The quantitative estimate of drug-likeness (QED) is 0.822. The van der Waals surface area contributed by atoms with E-state index in [2.05, 4.69) is 0 Å². The van der Waals surface area contributed by atoms with Crippen LogP contribution in [0.2, 0.25) is 0 Å². The van der Waals surface area contributed by atoms with Gasteiger partial charge < -0.3 is 29.2 Å². The van der Waals surface area contributed by atoms with Crippen molar-refractivity contribution in [2.75, 3.05) is 13.2 Å². The number of rotatable bonds is 5. The number of ether oxygens (including phenoxy) is 4. The number of aliphatic hydroxyl groups excluding tert-OH is 2. The summed E-state index contributed by atoms with van der Waals surface area (Å²) in [6.07, 6.45) is -4.64. The van der Waals surface area contributed by atoms with Gasteiger partial charge in [0.25, 0.3) is 0 Å². The zero-order valence-corrected chi connectivity index (χ0v) is 16.0. The second-order valence-corrected chi connectivity index (χ2v) is 7.48. The van der Waals surface area contributed by atoms with Gasteiger partial charge in [-0.15, -0.1) is 0 Å². The van der Waals surface area contributed by atoms with E-state index in [1.807, 2.05) is 62.4 Å². The molecule has 6 heteroatoms. The molecule has 0 aromatic heterocycles. The van der Waals surface area contributed by atoms with E-state index >= 15 is 0 Å². The van der Waals surface area contributed by atoms with Crippen molar-refractivity contribution in [1.29, 1.82) is 0 Å². The zero-order chi connectivity index (χ0) is 19.7. The molecule has 4 rings (SSSR count). The molecule has 2 fully saturated rings. The van der Waals surface area contributed by atoms with Gasteiger partial charge in [0.1, 0.15) is 24.4 Å². The topological polar surface area (TPSA) is 77.4 Å². The first-order valence-electron chi connectivity index (χ1n) is 9.54. The smallest absolute Gasteiger partial charge is 0.184 e. The number of aryl methyl sites for hydroxylation is 2. The average molecular weight is 386 g/mol. The van der Waals surface area contributed by atoms with Crippen molar-refractivity contribution in [2.24, 2.45) is 0 Å². The molecule has 0 radical (unpaired) electrons. The van der Waals surface area contributed by atoms with Gasteiger partial charge in [0.2, 0.25) is 0 Å². The molecule has 2 heterocycles. The molecule has 150 valence electrons. The molecule has 6 nitrogen and oxygen atoms in total. The van der Waals surface area contributed by atoms with Crippen LogP contribution < -0.4 is 0 Å². The van der Waals surface area contributed by atoms with E-state index in [4.69, 9.17) is 18.9 Å². The summed E-state index contributed by atoms with van der Waals surface area (Å²) < 4.78 is 23.0. The SMILES string of the molecule is Cc1ccc(C2OC[C@@H]([C@@H](O)[C@H](O)[C@H]3COC(c4ccc(C)cc4)O3)O2)cc1. The molecule has 6 atom stereocenters. The maximum atomic E-state index is 10.6. The summed E-state index contributed by atoms with van der Waals surface area (Å²) in [6, 6.07) is 15.7. The number of aliphatic hydroxyl groups is 2. The second-order valence-electron chi connectivity index (χ2n) is 7.48. The Kier molecular flexibility index (Phi) is 5.78. The van der Waals surface area contributed by atoms with E-state index in [0.717, 1.165) is 22.3 Å². The average Bonchev–Trinajstić information content (AvgIpc) is 3.38. The van der Waals surface area contributed by atoms with Crippen molar-refractivity contribution >= 4 is 0 Å². The van der Waals surface area contributed by atoms with Crippen LogP contribution in [0.5, 0.6) is 0 Å². The maximum Gasteiger partial charge on any atom is 0.184 e. The molecule has 2 N–H and O–H groups in total. The Bertz CT molecular complexity index is 707. The highest BCUT2D eigenvalue weighted by Crippen LogP contribution is 2.33. The van der Waals surface area contributed by atoms with Gasteiger partial charge in [-0.25, -0.2) is 0 Å². The zero-order valence-electron chi connectivity index (χ0n) is 16.0. The lowest BCUT2D eigenvalue weighted by molar-refractivity contribution is -0.141. The first-order chi connectivity index (χ1) is 13.5. The van der Waals surface area contributed by atoms with Gasteiger partial charge in [-0.3, -0.25) is 0 Å². The van der Waals surface area contributed by atoms with Gasteiger partial charge in [0.05, 0.1) is 13.2 Å². The van der Waals surface area contributed by atoms with Crippen molar-refractivity contribution in [1.82, 2.24) is 0 Å². The van der Waals surface area contributed by atoms with E-state index in [1.165, 1.54) is 0 Å². The van der Waals surface area contributed by atoms with Crippen LogP contribution in [-0.4, -0.2) is 47.8 Å². The highest BCUT2D eigenvalue weighted by Gasteiger charge is 2.42. The fourth-order valence-electron chi connectivity index (χ4n) is 3.43. The van der Waals surface area contributed by atoms with Gasteiger partial charge in [-0.05, 0) is 13.8 Å². The minimum absolute atomic E-state index is 0.200. The monoisotopic (exact) mass is 386 g/mol. The number of hydrogen-bond acceptors (Lipinski definition) is 6. The molecule has 2 aliphatic heterocycles. The highest BCUT2D eigenvalue weighted by atomic mass is 16.7. The third-order valence-electron chi connectivity index (χ3n) is 5.23. The predicted octanol–water partition coefficient (Wildman–Crippen LogP) is 2.55. The third kappa shape index (κ3) is 4.12. The van der Waals surface area contributed by atoms with Crippen LogP contribution in [0.1, 0.15) is 34.8 Å². The third-order valence-corrected chi connectivity index (χ3v) is 5.23. The van der Waals surface area contributed by atoms with E-state index in [1.54, 1.807) is 0 Å². The van der Waals surface area contributed by atoms with Gasteiger partial charge in [-0.1, -0.05) is 59.7 Å². The van der Waals surface area contributed by atoms with Crippen LogP contribution in [0.4, 0.5) is 0 Å². The van der Waals surface area contributed by atoms with Gasteiger partial charge in [0, 0.05) is 11.1 Å². The Morgan fingerprint density at radius 2 is 1.04 bits per heavy atom. The van der Waals surface area contributed by atoms with Crippen molar-refractivity contribution in [3.63, 3.8) is 0 Å².